The van der Waals surface area contributed by atoms with E-state index in [9.17, 15) is 8.22 Å². The summed E-state index contributed by atoms with van der Waals surface area (Å²) < 4.78 is 24.4. The van der Waals surface area contributed by atoms with Gasteiger partial charge in [0.25, 0.3) is 0 Å². The topological polar surface area (TPSA) is 0 Å². The van der Waals surface area contributed by atoms with Crippen LogP contribution in [0.3, 0.4) is 0 Å². The van der Waals surface area contributed by atoms with Gasteiger partial charge in [-0.05, 0) is 6.04 Å². The minimum atomic E-state index is -3.80. The van der Waals surface area contributed by atoms with Crippen molar-refractivity contribution in [2.75, 3.05) is 0 Å². The molecular weight excluding hydrogens is 126 g/mol. The van der Waals surface area contributed by atoms with Gasteiger partial charge in [-0.1, -0.05) is 13.0 Å². The van der Waals surface area contributed by atoms with Gasteiger partial charge in [0.1, 0.15) is 0 Å². The molecule has 0 atom stereocenters. The normalized spacial score (nSPS) is 11.4. The highest BCUT2D eigenvalue weighted by Crippen LogP contribution is 2.17. The highest BCUT2D eigenvalue weighted by Gasteiger charge is 2.30. The molecular formula is C5H10F2Si. The van der Waals surface area contributed by atoms with E-state index in [1.54, 1.807) is 0 Å². The molecule has 3 heteroatoms. The number of hydrogen-bond acceptors (Lipinski definition) is 0. The molecule has 0 aliphatic rings. The lowest BCUT2D eigenvalue weighted by Gasteiger charge is -2.04. The summed E-state index contributed by atoms with van der Waals surface area (Å²) in [4.78, 5) is 0. The quantitative estimate of drug-likeness (QED) is 0.318. The zero-order valence-corrected chi connectivity index (χ0v) is 5.95. The molecule has 0 bridgehead atoms. The molecule has 8 heavy (non-hydrogen) atoms. The predicted octanol–water partition coefficient (Wildman–Crippen LogP) is 2.57. The molecule has 0 rings (SSSR count). The van der Waals surface area contributed by atoms with Gasteiger partial charge in [0.15, 0.2) is 0 Å². The van der Waals surface area contributed by atoms with Crippen LogP contribution in [0.5, 0.6) is 0 Å². The van der Waals surface area contributed by atoms with Gasteiger partial charge in [0, 0.05) is 6.04 Å². The van der Waals surface area contributed by atoms with Gasteiger partial charge in [0.05, 0.1) is 0 Å². The molecule has 0 aromatic heterocycles. The lowest BCUT2D eigenvalue weighted by atomic mass is 10.8. The largest absolute Gasteiger partial charge is 0.428 e. The maximum absolute atomic E-state index is 12.2. The van der Waals surface area contributed by atoms with Crippen molar-refractivity contribution >= 4 is 8.74 Å². The highest BCUT2D eigenvalue weighted by atomic mass is 28.4. The highest BCUT2D eigenvalue weighted by molar-refractivity contribution is 6.66. The van der Waals surface area contributed by atoms with E-state index in [1.165, 1.54) is 13.0 Å². The SMILES string of the molecule is C=CC[Si](F)(F)CC. The zero-order chi connectivity index (χ0) is 6.62. The smallest absolute Gasteiger partial charge is 0.270 e. The molecule has 0 radical (unpaired) electrons. The fraction of sp³-hybridized carbons (Fsp3) is 0.600. The molecule has 0 spiro atoms. The summed E-state index contributed by atoms with van der Waals surface area (Å²) in [6.45, 7) is 4.77. The van der Waals surface area contributed by atoms with Gasteiger partial charge in [0.2, 0.25) is 0 Å². The van der Waals surface area contributed by atoms with Crippen LogP contribution in [0.2, 0.25) is 12.1 Å². The van der Waals surface area contributed by atoms with Gasteiger partial charge in [-0.15, -0.1) is 6.58 Å². The Morgan fingerprint density at radius 2 is 2.12 bits per heavy atom. The third-order valence-electron chi connectivity index (χ3n) is 0.960. The second-order valence-electron chi connectivity index (χ2n) is 1.70. The van der Waals surface area contributed by atoms with Crippen molar-refractivity contribution in [1.29, 1.82) is 0 Å². The molecule has 0 amide bonds. The van der Waals surface area contributed by atoms with E-state index in [1.807, 2.05) is 0 Å². The van der Waals surface area contributed by atoms with Crippen molar-refractivity contribution in [2.24, 2.45) is 0 Å². The van der Waals surface area contributed by atoms with Gasteiger partial charge >= 0.3 is 8.74 Å². The van der Waals surface area contributed by atoms with E-state index < -0.39 is 8.74 Å². The van der Waals surface area contributed by atoms with Gasteiger partial charge in [-0.3, -0.25) is 8.22 Å². The summed E-state index contributed by atoms with van der Waals surface area (Å²) in [5.41, 5.74) is 0. The maximum atomic E-state index is 12.2. The molecule has 0 aromatic rings. The first-order chi connectivity index (χ1) is 3.62. The summed E-state index contributed by atoms with van der Waals surface area (Å²) in [5, 5.41) is 0. The minimum Gasteiger partial charge on any atom is -0.270 e. The summed E-state index contributed by atoms with van der Waals surface area (Å²) in [7, 11) is -3.80. The molecule has 0 aliphatic heterocycles. The third-order valence-corrected chi connectivity index (χ3v) is 2.88. The van der Waals surface area contributed by atoms with Gasteiger partial charge < -0.3 is 0 Å². The monoisotopic (exact) mass is 136 g/mol. The van der Waals surface area contributed by atoms with Crippen LogP contribution in [-0.2, 0) is 0 Å². The zero-order valence-electron chi connectivity index (χ0n) is 4.95. The van der Waals surface area contributed by atoms with Crippen LogP contribution in [0.25, 0.3) is 0 Å². The van der Waals surface area contributed by atoms with Crippen LogP contribution in [0.15, 0.2) is 12.7 Å². The van der Waals surface area contributed by atoms with E-state index in [-0.39, 0.29) is 12.1 Å². The fourth-order valence-electron chi connectivity index (χ4n) is 0.356. The first kappa shape index (κ1) is 7.82. The first-order valence-corrected chi connectivity index (χ1v) is 4.78. The second-order valence-corrected chi connectivity index (χ2v) is 4.53. The van der Waals surface area contributed by atoms with Crippen LogP contribution in [-0.4, -0.2) is 8.74 Å². The van der Waals surface area contributed by atoms with Crippen LogP contribution < -0.4 is 0 Å². The Hall–Kier alpha value is -0.183. The number of halogens is 2. The van der Waals surface area contributed by atoms with E-state index in [2.05, 4.69) is 6.58 Å². The minimum absolute atomic E-state index is 0.0407. The summed E-state index contributed by atoms with van der Waals surface area (Å²) in [5.74, 6) is 0. The molecule has 0 aromatic carbocycles. The fourth-order valence-corrected chi connectivity index (χ4v) is 1.07. The van der Waals surface area contributed by atoms with Crippen LogP contribution in [0.4, 0.5) is 8.22 Å². The Labute approximate surface area is 49.6 Å². The molecule has 0 saturated carbocycles. The molecule has 0 aliphatic carbocycles. The van der Waals surface area contributed by atoms with Crippen molar-refractivity contribution in [3.8, 4) is 0 Å². The van der Waals surface area contributed by atoms with E-state index in [0.717, 1.165) is 0 Å². The standard InChI is InChI=1S/C5H10F2Si/c1-3-5-8(6,7)4-2/h3H,1,4-5H2,2H3. The van der Waals surface area contributed by atoms with E-state index >= 15 is 0 Å². The molecule has 0 heterocycles. The van der Waals surface area contributed by atoms with Crippen molar-refractivity contribution < 1.29 is 8.22 Å². The van der Waals surface area contributed by atoms with Gasteiger partial charge in [-0.2, -0.15) is 0 Å². The molecule has 0 nitrogen and oxygen atoms in total. The van der Waals surface area contributed by atoms with Crippen molar-refractivity contribution in [1.82, 2.24) is 0 Å². The first-order valence-electron chi connectivity index (χ1n) is 2.61. The summed E-state index contributed by atoms with van der Waals surface area (Å²) in [6.07, 6.45) is 1.30. The molecule has 48 valence electrons. The van der Waals surface area contributed by atoms with Crippen LogP contribution >= 0.6 is 0 Å². The number of rotatable bonds is 3. The van der Waals surface area contributed by atoms with Crippen molar-refractivity contribution in [3.05, 3.63) is 12.7 Å². The van der Waals surface area contributed by atoms with Crippen LogP contribution in [0.1, 0.15) is 6.92 Å². The lowest BCUT2D eigenvalue weighted by molar-refractivity contribution is 0.602. The molecule has 0 saturated heterocycles. The van der Waals surface area contributed by atoms with Crippen molar-refractivity contribution in [2.45, 2.75) is 19.0 Å². The average molecular weight is 136 g/mol. The van der Waals surface area contributed by atoms with E-state index in [4.69, 9.17) is 0 Å². The molecule has 0 fully saturated rings. The summed E-state index contributed by atoms with van der Waals surface area (Å²) in [6, 6.07) is -0.0253. The number of hydrogen-bond donors (Lipinski definition) is 0. The number of allylic oxidation sites excluding steroid dienone is 1. The Morgan fingerprint density at radius 1 is 1.62 bits per heavy atom. The Morgan fingerprint density at radius 3 is 2.25 bits per heavy atom. The Kier molecular flexibility index (Phi) is 2.90. The Balaban J connectivity index is 3.53. The molecule has 0 unspecified atom stereocenters. The van der Waals surface area contributed by atoms with Crippen LogP contribution in [0, 0.1) is 0 Å². The molecule has 0 N–H and O–H groups in total. The van der Waals surface area contributed by atoms with Crippen molar-refractivity contribution in [3.63, 3.8) is 0 Å². The van der Waals surface area contributed by atoms with Gasteiger partial charge in [-0.25, -0.2) is 0 Å². The lowest BCUT2D eigenvalue weighted by Crippen LogP contribution is -2.18. The van der Waals surface area contributed by atoms with E-state index in [0.29, 0.717) is 0 Å². The predicted molar refractivity (Wildman–Crippen MR) is 33.5 cm³/mol. The third kappa shape index (κ3) is 2.90. The Bertz CT molecular complexity index is 80.5. The summed E-state index contributed by atoms with van der Waals surface area (Å²) >= 11 is 0. The average Bonchev–Trinajstić information content (AvgIpc) is 1.67. The second kappa shape index (κ2) is 2.97. The maximum Gasteiger partial charge on any atom is 0.428 e.